The Labute approximate surface area is 59.2 Å². The van der Waals surface area contributed by atoms with Gasteiger partial charge in [0.15, 0.2) is 5.82 Å². The summed E-state index contributed by atoms with van der Waals surface area (Å²) >= 11 is 0. The van der Waals surface area contributed by atoms with E-state index in [4.69, 9.17) is 5.73 Å². The Bertz CT molecular complexity index is 204. The highest BCUT2D eigenvalue weighted by atomic mass is 15.4. The minimum Gasteiger partial charge on any atom is -0.381 e. The number of hydrogen-bond donors (Lipinski definition) is 2. The van der Waals surface area contributed by atoms with Crippen molar-refractivity contribution in [2.75, 3.05) is 19.8 Å². The van der Waals surface area contributed by atoms with Crippen molar-refractivity contribution >= 4 is 5.82 Å². The molecule has 0 aromatic carbocycles. The maximum Gasteiger partial charge on any atom is 0.170 e. The standard InChI is InChI=1S/C5H11N5/c1-10(2)3-4-5(6)8-9-7-4/h3H2,1-2H3,(H3,6,7,8,9). The molecule has 0 amide bonds. The average molecular weight is 141 g/mol. The fraction of sp³-hybridized carbons (Fsp3) is 0.600. The van der Waals surface area contributed by atoms with Gasteiger partial charge >= 0.3 is 0 Å². The molecule has 1 rings (SSSR count). The summed E-state index contributed by atoms with van der Waals surface area (Å²) < 4.78 is 0. The van der Waals surface area contributed by atoms with Crippen molar-refractivity contribution in [2.24, 2.45) is 0 Å². The first-order valence-electron chi connectivity index (χ1n) is 3.00. The van der Waals surface area contributed by atoms with Crippen LogP contribution in [0.15, 0.2) is 0 Å². The van der Waals surface area contributed by atoms with Gasteiger partial charge in [-0.3, -0.25) is 0 Å². The highest BCUT2D eigenvalue weighted by Gasteiger charge is 2.02. The van der Waals surface area contributed by atoms with Crippen molar-refractivity contribution in [3.8, 4) is 0 Å². The molecule has 0 aliphatic rings. The molecule has 3 N–H and O–H groups in total. The first kappa shape index (κ1) is 7.01. The van der Waals surface area contributed by atoms with E-state index < -0.39 is 0 Å². The van der Waals surface area contributed by atoms with Crippen LogP contribution in [0.4, 0.5) is 5.82 Å². The second-order valence-electron chi connectivity index (χ2n) is 2.39. The molecule has 10 heavy (non-hydrogen) atoms. The zero-order valence-corrected chi connectivity index (χ0v) is 6.13. The van der Waals surface area contributed by atoms with Gasteiger partial charge in [0, 0.05) is 6.54 Å². The minimum absolute atomic E-state index is 0.480. The SMILES string of the molecule is CN(C)Cc1n[nH]nc1N. The number of aromatic nitrogens is 3. The Kier molecular flexibility index (Phi) is 1.86. The highest BCUT2D eigenvalue weighted by Crippen LogP contribution is 2.02. The number of nitrogen functional groups attached to an aromatic ring is 1. The van der Waals surface area contributed by atoms with Gasteiger partial charge in [0.2, 0.25) is 0 Å². The predicted molar refractivity (Wildman–Crippen MR) is 38.2 cm³/mol. The lowest BCUT2D eigenvalue weighted by Gasteiger charge is -2.05. The van der Waals surface area contributed by atoms with Gasteiger partial charge in [0.05, 0.1) is 0 Å². The van der Waals surface area contributed by atoms with Crippen molar-refractivity contribution in [3.05, 3.63) is 5.69 Å². The average Bonchev–Trinajstić information content (AvgIpc) is 2.15. The van der Waals surface area contributed by atoms with Gasteiger partial charge in [-0.1, -0.05) is 0 Å². The van der Waals surface area contributed by atoms with E-state index in [0.717, 1.165) is 12.2 Å². The van der Waals surface area contributed by atoms with Gasteiger partial charge in [-0.2, -0.15) is 10.3 Å². The monoisotopic (exact) mass is 141 g/mol. The third kappa shape index (κ3) is 1.44. The molecule has 0 radical (unpaired) electrons. The summed E-state index contributed by atoms with van der Waals surface area (Å²) in [5.41, 5.74) is 6.25. The molecular weight excluding hydrogens is 130 g/mol. The molecule has 0 aliphatic carbocycles. The number of rotatable bonds is 2. The van der Waals surface area contributed by atoms with E-state index in [0.29, 0.717) is 5.82 Å². The van der Waals surface area contributed by atoms with Gasteiger partial charge in [-0.25, -0.2) is 0 Å². The molecule has 5 nitrogen and oxygen atoms in total. The zero-order valence-electron chi connectivity index (χ0n) is 6.13. The van der Waals surface area contributed by atoms with Crippen molar-refractivity contribution in [2.45, 2.75) is 6.54 Å². The summed E-state index contributed by atoms with van der Waals surface area (Å²) in [6, 6.07) is 0. The van der Waals surface area contributed by atoms with Crippen molar-refractivity contribution < 1.29 is 0 Å². The summed E-state index contributed by atoms with van der Waals surface area (Å²) in [5, 5.41) is 9.99. The van der Waals surface area contributed by atoms with Gasteiger partial charge in [0.25, 0.3) is 0 Å². The lowest BCUT2D eigenvalue weighted by molar-refractivity contribution is 0.397. The molecule has 0 fully saturated rings. The molecule has 0 saturated carbocycles. The minimum atomic E-state index is 0.480. The Morgan fingerprint density at radius 3 is 2.60 bits per heavy atom. The van der Waals surface area contributed by atoms with Crippen LogP contribution >= 0.6 is 0 Å². The highest BCUT2D eigenvalue weighted by molar-refractivity contribution is 5.31. The van der Waals surface area contributed by atoms with Gasteiger partial charge in [0.1, 0.15) is 5.69 Å². The van der Waals surface area contributed by atoms with E-state index in [1.807, 2.05) is 19.0 Å². The molecule has 0 saturated heterocycles. The molecule has 5 heteroatoms. The van der Waals surface area contributed by atoms with Crippen LogP contribution in [0.25, 0.3) is 0 Å². The van der Waals surface area contributed by atoms with E-state index in [1.54, 1.807) is 0 Å². The van der Waals surface area contributed by atoms with E-state index in [-0.39, 0.29) is 0 Å². The van der Waals surface area contributed by atoms with Crippen LogP contribution in [0.2, 0.25) is 0 Å². The number of anilines is 1. The number of aromatic amines is 1. The Morgan fingerprint density at radius 2 is 2.20 bits per heavy atom. The lowest BCUT2D eigenvalue weighted by Crippen LogP contribution is -2.12. The van der Waals surface area contributed by atoms with E-state index in [9.17, 15) is 0 Å². The fourth-order valence-electron chi connectivity index (χ4n) is 0.677. The molecule has 0 unspecified atom stereocenters. The molecule has 1 aromatic heterocycles. The lowest BCUT2D eigenvalue weighted by atomic mass is 10.4. The maximum atomic E-state index is 5.46. The number of nitrogens with one attached hydrogen (secondary N) is 1. The second-order valence-corrected chi connectivity index (χ2v) is 2.39. The molecule has 56 valence electrons. The molecule has 0 aliphatic heterocycles. The van der Waals surface area contributed by atoms with Crippen molar-refractivity contribution in [3.63, 3.8) is 0 Å². The smallest absolute Gasteiger partial charge is 0.170 e. The van der Waals surface area contributed by atoms with Crippen LogP contribution in [0.5, 0.6) is 0 Å². The number of hydrogen-bond acceptors (Lipinski definition) is 4. The summed E-state index contributed by atoms with van der Waals surface area (Å²) in [4.78, 5) is 1.98. The van der Waals surface area contributed by atoms with Crippen molar-refractivity contribution in [1.82, 2.24) is 20.3 Å². The second kappa shape index (κ2) is 2.66. The number of nitrogens with two attached hydrogens (primary N) is 1. The Hall–Kier alpha value is -1.10. The molecule has 1 heterocycles. The quantitative estimate of drug-likeness (QED) is 0.579. The first-order valence-corrected chi connectivity index (χ1v) is 3.00. The molecule has 1 aromatic rings. The zero-order chi connectivity index (χ0) is 7.56. The van der Waals surface area contributed by atoms with Crippen LogP contribution in [-0.2, 0) is 6.54 Å². The topological polar surface area (TPSA) is 70.8 Å². The van der Waals surface area contributed by atoms with Gasteiger partial charge in [-0.05, 0) is 14.1 Å². The largest absolute Gasteiger partial charge is 0.381 e. The summed E-state index contributed by atoms with van der Waals surface area (Å²) in [6.45, 7) is 0.725. The third-order valence-electron chi connectivity index (χ3n) is 1.12. The van der Waals surface area contributed by atoms with E-state index in [1.165, 1.54) is 0 Å². The molecule has 0 bridgehead atoms. The number of nitrogens with zero attached hydrogens (tertiary/aromatic N) is 3. The van der Waals surface area contributed by atoms with Gasteiger partial charge in [-0.15, -0.1) is 5.10 Å². The molecule has 0 spiro atoms. The van der Waals surface area contributed by atoms with Crippen LogP contribution in [0.3, 0.4) is 0 Å². The predicted octanol–water partition coefficient (Wildman–Crippen LogP) is -0.552. The van der Waals surface area contributed by atoms with Crippen LogP contribution in [-0.4, -0.2) is 34.4 Å². The van der Waals surface area contributed by atoms with E-state index in [2.05, 4.69) is 15.4 Å². The first-order chi connectivity index (χ1) is 4.70. The Morgan fingerprint density at radius 1 is 1.50 bits per heavy atom. The fourth-order valence-corrected chi connectivity index (χ4v) is 0.677. The summed E-state index contributed by atoms with van der Waals surface area (Å²) in [5.74, 6) is 0.480. The Balaban J connectivity index is 2.65. The number of H-pyrrole nitrogens is 1. The van der Waals surface area contributed by atoms with Crippen LogP contribution < -0.4 is 5.73 Å². The van der Waals surface area contributed by atoms with E-state index >= 15 is 0 Å². The third-order valence-corrected chi connectivity index (χ3v) is 1.12. The van der Waals surface area contributed by atoms with Crippen molar-refractivity contribution in [1.29, 1.82) is 0 Å². The van der Waals surface area contributed by atoms with Gasteiger partial charge < -0.3 is 10.6 Å². The molecule has 0 atom stereocenters. The normalized spacial score (nSPS) is 10.7. The maximum absolute atomic E-state index is 5.46. The molecular formula is C5H11N5. The summed E-state index contributed by atoms with van der Waals surface area (Å²) in [7, 11) is 3.90. The van der Waals surface area contributed by atoms with Crippen LogP contribution in [0, 0.1) is 0 Å². The summed E-state index contributed by atoms with van der Waals surface area (Å²) in [6.07, 6.45) is 0. The van der Waals surface area contributed by atoms with Crippen LogP contribution in [0.1, 0.15) is 5.69 Å².